The average molecular weight is 284 g/mol. The maximum absolute atomic E-state index is 12.3. The molecule has 106 valence electrons. The Balaban J connectivity index is 2.18. The molecule has 0 bridgehead atoms. The van der Waals surface area contributed by atoms with Crippen molar-refractivity contribution in [3.8, 4) is 5.75 Å². The number of nitrogens with one attached hydrogen (secondary N) is 1. The molecule has 0 radical (unpaired) electrons. The lowest BCUT2D eigenvalue weighted by atomic mass is 10.2. The zero-order chi connectivity index (χ0) is 13.9. The summed E-state index contributed by atoms with van der Waals surface area (Å²) in [6.07, 6.45) is 3.92. The van der Waals surface area contributed by atoms with Crippen molar-refractivity contribution in [1.29, 1.82) is 0 Å². The smallest absolute Gasteiger partial charge is 0.301 e. The second-order valence-corrected chi connectivity index (χ2v) is 6.61. The van der Waals surface area contributed by atoms with Gasteiger partial charge >= 0.3 is 10.2 Å². The van der Waals surface area contributed by atoms with Gasteiger partial charge in [0.25, 0.3) is 0 Å². The van der Waals surface area contributed by atoms with Crippen molar-refractivity contribution in [2.24, 2.45) is 0 Å². The van der Waals surface area contributed by atoms with E-state index in [0.29, 0.717) is 13.1 Å². The van der Waals surface area contributed by atoms with Gasteiger partial charge in [0.05, 0.1) is 5.69 Å². The van der Waals surface area contributed by atoms with E-state index in [1.807, 2.05) is 6.92 Å². The van der Waals surface area contributed by atoms with E-state index in [1.165, 1.54) is 10.4 Å². The van der Waals surface area contributed by atoms with Gasteiger partial charge in [-0.1, -0.05) is 18.9 Å². The molecule has 6 heteroatoms. The van der Waals surface area contributed by atoms with Crippen LogP contribution in [0.4, 0.5) is 5.69 Å². The normalized spacial score (nSPS) is 17.9. The summed E-state index contributed by atoms with van der Waals surface area (Å²) in [6, 6.07) is 4.86. The van der Waals surface area contributed by atoms with Gasteiger partial charge in [0.1, 0.15) is 5.75 Å². The first-order valence-corrected chi connectivity index (χ1v) is 8.00. The van der Waals surface area contributed by atoms with Gasteiger partial charge in [-0.25, -0.2) is 0 Å². The maximum Gasteiger partial charge on any atom is 0.301 e. The predicted molar refractivity (Wildman–Crippen MR) is 75.4 cm³/mol. The lowest BCUT2D eigenvalue weighted by Gasteiger charge is -2.21. The fourth-order valence-corrected chi connectivity index (χ4v) is 3.53. The van der Waals surface area contributed by atoms with Crippen LogP contribution >= 0.6 is 0 Å². The molecule has 1 fully saturated rings. The SMILES string of the molecule is Cc1ccc(O)c(NS(=O)(=O)N2CCCCCC2)c1. The summed E-state index contributed by atoms with van der Waals surface area (Å²) in [5.74, 6) is -0.0519. The highest BCUT2D eigenvalue weighted by molar-refractivity contribution is 7.90. The Kier molecular flexibility index (Phi) is 4.31. The highest BCUT2D eigenvalue weighted by atomic mass is 32.2. The van der Waals surface area contributed by atoms with Gasteiger partial charge in [-0.05, 0) is 37.5 Å². The third-order valence-electron chi connectivity index (χ3n) is 3.30. The van der Waals surface area contributed by atoms with Crippen LogP contribution in [0, 0.1) is 6.92 Å². The molecule has 1 aliphatic heterocycles. The van der Waals surface area contributed by atoms with Crippen molar-refractivity contribution in [1.82, 2.24) is 4.31 Å². The molecule has 1 heterocycles. The minimum Gasteiger partial charge on any atom is -0.506 e. The van der Waals surface area contributed by atoms with Gasteiger partial charge in [-0.3, -0.25) is 4.72 Å². The van der Waals surface area contributed by atoms with E-state index < -0.39 is 10.2 Å². The van der Waals surface area contributed by atoms with Crippen LogP contribution in [0.5, 0.6) is 5.75 Å². The Morgan fingerprint density at radius 2 is 1.79 bits per heavy atom. The van der Waals surface area contributed by atoms with Crippen molar-refractivity contribution in [3.63, 3.8) is 0 Å². The fraction of sp³-hybridized carbons (Fsp3) is 0.538. The van der Waals surface area contributed by atoms with Crippen LogP contribution < -0.4 is 4.72 Å². The standard InChI is InChI=1S/C13H20N2O3S/c1-11-6-7-13(16)12(10-11)14-19(17,18)15-8-4-2-3-5-9-15/h6-7,10,14,16H,2-5,8-9H2,1H3. The Morgan fingerprint density at radius 3 is 2.42 bits per heavy atom. The lowest BCUT2D eigenvalue weighted by Crippen LogP contribution is -2.36. The Hall–Kier alpha value is -1.27. The summed E-state index contributed by atoms with van der Waals surface area (Å²) < 4.78 is 28.5. The third-order valence-corrected chi connectivity index (χ3v) is 4.82. The van der Waals surface area contributed by atoms with Gasteiger partial charge in [0, 0.05) is 13.1 Å². The summed E-state index contributed by atoms with van der Waals surface area (Å²) >= 11 is 0. The second kappa shape index (κ2) is 5.79. The summed E-state index contributed by atoms with van der Waals surface area (Å²) in [7, 11) is -3.58. The number of rotatable bonds is 3. The molecule has 0 spiro atoms. The maximum atomic E-state index is 12.3. The number of aryl methyl sites for hydroxylation is 1. The molecule has 0 amide bonds. The van der Waals surface area contributed by atoms with Crippen molar-refractivity contribution < 1.29 is 13.5 Å². The van der Waals surface area contributed by atoms with Crippen LogP contribution in [0.3, 0.4) is 0 Å². The summed E-state index contributed by atoms with van der Waals surface area (Å²) in [6.45, 7) is 2.94. The molecule has 1 aliphatic rings. The number of hydrogen-bond donors (Lipinski definition) is 2. The molecule has 1 aromatic rings. The minimum atomic E-state index is -3.58. The van der Waals surface area contributed by atoms with E-state index in [0.717, 1.165) is 31.2 Å². The van der Waals surface area contributed by atoms with Gasteiger partial charge in [-0.2, -0.15) is 12.7 Å². The number of phenolic OH excluding ortho intramolecular Hbond substituents is 1. The lowest BCUT2D eigenvalue weighted by molar-refractivity contribution is 0.427. The van der Waals surface area contributed by atoms with Gasteiger partial charge < -0.3 is 5.11 Å². The van der Waals surface area contributed by atoms with Crippen molar-refractivity contribution in [3.05, 3.63) is 23.8 Å². The van der Waals surface area contributed by atoms with Crippen molar-refractivity contribution in [2.45, 2.75) is 32.6 Å². The van der Waals surface area contributed by atoms with Gasteiger partial charge in [0.15, 0.2) is 0 Å². The molecular formula is C13H20N2O3S. The molecule has 5 nitrogen and oxygen atoms in total. The summed E-state index contributed by atoms with van der Waals surface area (Å²) in [5, 5.41) is 9.71. The molecule has 0 aromatic heterocycles. The number of benzene rings is 1. The van der Waals surface area contributed by atoms with Crippen LogP contribution in [-0.2, 0) is 10.2 Å². The van der Waals surface area contributed by atoms with E-state index in [2.05, 4.69) is 4.72 Å². The summed E-state index contributed by atoms with van der Waals surface area (Å²) in [5.41, 5.74) is 1.13. The van der Waals surface area contributed by atoms with Crippen LogP contribution in [0.2, 0.25) is 0 Å². The Labute approximate surface area is 114 Å². The van der Waals surface area contributed by atoms with Gasteiger partial charge in [-0.15, -0.1) is 0 Å². The highest BCUT2D eigenvalue weighted by Gasteiger charge is 2.23. The van der Waals surface area contributed by atoms with E-state index in [-0.39, 0.29) is 11.4 Å². The average Bonchev–Trinajstić information content (AvgIpc) is 2.63. The zero-order valence-corrected chi connectivity index (χ0v) is 11.9. The first kappa shape index (κ1) is 14.1. The first-order chi connectivity index (χ1) is 8.99. The number of hydrogen-bond acceptors (Lipinski definition) is 3. The van der Waals surface area contributed by atoms with Crippen LogP contribution in [-0.4, -0.2) is 30.9 Å². The highest BCUT2D eigenvalue weighted by Crippen LogP contribution is 2.26. The largest absolute Gasteiger partial charge is 0.506 e. The number of aromatic hydroxyl groups is 1. The predicted octanol–water partition coefficient (Wildman–Crippen LogP) is 2.23. The first-order valence-electron chi connectivity index (χ1n) is 6.56. The molecule has 2 N–H and O–H groups in total. The summed E-state index contributed by atoms with van der Waals surface area (Å²) in [4.78, 5) is 0. The molecule has 1 saturated heterocycles. The Morgan fingerprint density at radius 1 is 1.16 bits per heavy atom. The molecule has 1 aromatic carbocycles. The molecule has 0 atom stereocenters. The Bertz CT molecular complexity index is 535. The van der Waals surface area contributed by atoms with Crippen LogP contribution in [0.15, 0.2) is 18.2 Å². The quantitative estimate of drug-likeness (QED) is 0.836. The molecule has 0 unspecified atom stereocenters. The van der Waals surface area contributed by atoms with Crippen LogP contribution in [0.25, 0.3) is 0 Å². The van der Waals surface area contributed by atoms with Crippen molar-refractivity contribution >= 4 is 15.9 Å². The zero-order valence-electron chi connectivity index (χ0n) is 11.1. The molecular weight excluding hydrogens is 264 g/mol. The number of anilines is 1. The van der Waals surface area contributed by atoms with E-state index in [1.54, 1.807) is 12.1 Å². The monoisotopic (exact) mass is 284 g/mol. The van der Waals surface area contributed by atoms with E-state index in [9.17, 15) is 13.5 Å². The molecule has 0 aliphatic carbocycles. The number of nitrogens with zero attached hydrogens (tertiary/aromatic N) is 1. The second-order valence-electron chi connectivity index (χ2n) is 4.94. The fourth-order valence-electron chi connectivity index (χ4n) is 2.22. The molecule has 0 saturated carbocycles. The molecule has 19 heavy (non-hydrogen) atoms. The number of phenols is 1. The third kappa shape index (κ3) is 3.61. The van der Waals surface area contributed by atoms with Crippen LogP contribution in [0.1, 0.15) is 31.2 Å². The topological polar surface area (TPSA) is 69.6 Å². The van der Waals surface area contributed by atoms with Gasteiger partial charge in [0.2, 0.25) is 0 Å². The van der Waals surface area contributed by atoms with E-state index in [4.69, 9.17) is 0 Å². The molecule has 2 rings (SSSR count). The van der Waals surface area contributed by atoms with Crippen molar-refractivity contribution in [2.75, 3.05) is 17.8 Å². The van der Waals surface area contributed by atoms with E-state index >= 15 is 0 Å². The minimum absolute atomic E-state index is 0.0519.